The largest absolute Gasteiger partial charge is 0.383 e. The maximum absolute atomic E-state index is 13.5. The number of nitrogens with two attached hydrogens (primary N) is 1. The zero-order chi connectivity index (χ0) is 17.3. The number of nitrogens with zero attached hydrogens (tertiary/aromatic N) is 2. The lowest BCUT2D eigenvalue weighted by atomic mass is 9.98. The lowest BCUT2D eigenvalue weighted by Crippen LogP contribution is -2.00. The van der Waals surface area contributed by atoms with E-state index in [1.54, 1.807) is 18.2 Å². The molecular formula is C18H10Br2FN3. The van der Waals surface area contributed by atoms with Crippen molar-refractivity contribution in [1.29, 1.82) is 5.26 Å². The highest BCUT2D eigenvalue weighted by Crippen LogP contribution is 2.35. The van der Waals surface area contributed by atoms with E-state index in [0.29, 0.717) is 21.3 Å². The molecule has 0 amide bonds. The molecule has 3 rings (SSSR count). The molecule has 1 heterocycles. The first-order chi connectivity index (χ1) is 11.5. The van der Waals surface area contributed by atoms with E-state index in [4.69, 9.17) is 5.73 Å². The van der Waals surface area contributed by atoms with Gasteiger partial charge in [-0.05, 0) is 45.8 Å². The van der Waals surface area contributed by atoms with E-state index in [1.807, 2.05) is 24.3 Å². The Hall–Kier alpha value is -2.23. The van der Waals surface area contributed by atoms with Crippen LogP contribution in [0.15, 0.2) is 57.5 Å². The van der Waals surface area contributed by atoms with E-state index in [0.717, 1.165) is 10.0 Å². The molecule has 2 aromatic carbocycles. The molecule has 118 valence electrons. The van der Waals surface area contributed by atoms with Crippen LogP contribution in [0.3, 0.4) is 0 Å². The molecule has 0 spiro atoms. The second-order valence-electron chi connectivity index (χ2n) is 5.04. The van der Waals surface area contributed by atoms with E-state index >= 15 is 0 Å². The highest BCUT2D eigenvalue weighted by Gasteiger charge is 2.15. The predicted molar refractivity (Wildman–Crippen MR) is 99.6 cm³/mol. The summed E-state index contributed by atoms with van der Waals surface area (Å²) in [7, 11) is 0. The second kappa shape index (κ2) is 6.71. The molecule has 0 bridgehead atoms. The Balaban J connectivity index is 2.27. The number of hydrogen-bond donors (Lipinski definition) is 1. The summed E-state index contributed by atoms with van der Waals surface area (Å²) in [6.07, 6.45) is 0. The molecule has 0 aliphatic carbocycles. The predicted octanol–water partition coefficient (Wildman–Crippen LogP) is 5.53. The van der Waals surface area contributed by atoms with Gasteiger partial charge < -0.3 is 5.73 Å². The van der Waals surface area contributed by atoms with Crippen molar-refractivity contribution in [3.63, 3.8) is 0 Å². The van der Waals surface area contributed by atoms with Crippen molar-refractivity contribution in [3.05, 3.63) is 68.9 Å². The first kappa shape index (κ1) is 16.6. The van der Waals surface area contributed by atoms with Gasteiger partial charge in [0.2, 0.25) is 0 Å². The van der Waals surface area contributed by atoms with Gasteiger partial charge in [-0.3, -0.25) is 0 Å². The molecule has 0 aliphatic heterocycles. The molecule has 0 fully saturated rings. The summed E-state index contributed by atoms with van der Waals surface area (Å²) in [6, 6.07) is 16.0. The van der Waals surface area contributed by atoms with Crippen LogP contribution in [-0.4, -0.2) is 4.98 Å². The van der Waals surface area contributed by atoms with Crippen molar-refractivity contribution < 1.29 is 4.39 Å². The summed E-state index contributed by atoms with van der Waals surface area (Å²) in [4.78, 5) is 4.34. The molecule has 2 N–H and O–H groups in total. The third-order valence-electron chi connectivity index (χ3n) is 3.54. The molecule has 3 aromatic rings. The lowest BCUT2D eigenvalue weighted by Gasteiger charge is -2.11. The molecule has 3 nitrogen and oxygen atoms in total. The van der Waals surface area contributed by atoms with Gasteiger partial charge in [-0.1, -0.05) is 40.2 Å². The van der Waals surface area contributed by atoms with Gasteiger partial charge in [0.25, 0.3) is 0 Å². The Morgan fingerprint density at radius 1 is 1.00 bits per heavy atom. The van der Waals surface area contributed by atoms with E-state index in [1.165, 1.54) is 6.07 Å². The van der Waals surface area contributed by atoms with Crippen LogP contribution in [0.5, 0.6) is 0 Å². The van der Waals surface area contributed by atoms with Crippen molar-refractivity contribution >= 4 is 37.7 Å². The Bertz CT molecular complexity index is 980. The fourth-order valence-corrected chi connectivity index (χ4v) is 3.25. The summed E-state index contributed by atoms with van der Waals surface area (Å²) in [6.45, 7) is 0. The van der Waals surface area contributed by atoms with Crippen molar-refractivity contribution in [2.24, 2.45) is 0 Å². The van der Waals surface area contributed by atoms with E-state index in [2.05, 4.69) is 42.9 Å². The Labute approximate surface area is 155 Å². The van der Waals surface area contributed by atoms with Crippen LogP contribution in [0.25, 0.3) is 22.4 Å². The second-order valence-corrected chi connectivity index (χ2v) is 6.74. The number of anilines is 1. The fourth-order valence-electron chi connectivity index (χ4n) is 2.38. The van der Waals surface area contributed by atoms with Gasteiger partial charge in [-0.15, -0.1) is 0 Å². The van der Waals surface area contributed by atoms with Crippen molar-refractivity contribution in [1.82, 2.24) is 4.98 Å². The van der Waals surface area contributed by atoms with E-state index in [-0.39, 0.29) is 17.2 Å². The highest BCUT2D eigenvalue weighted by molar-refractivity contribution is 9.10. The fraction of sp³-hybridized carbons (Fsp3) is 0. The van der Waals surface area contributed by atoms with Gasteiger partial charge in [-0.2, -0.15) is 5.26 Å². The van der Waals surface area contributed by atoms with Crippen LogP contribution in [0.2, 0.25) is 0 Å². The lowest BCUT2D eigenvalue weighted by molar-refractivity contribution is 0.621. The summed E-state index contributed by atoms with van der Waals surface area (Å²) in [5.74, 6) is -0.230. The smallest absolute Gasteiger partial charge is 0.142 e. The first-order valence-corrected chi connectivity index (χ1v) is 8.51. The highest BCUT2D eigenvalue weighted by atomic mass is 79.9. The number of nitrogen functional groups attached to an aromatic ring is 1. The maximum atomic E-state index is 13.5. The molecule has 0 radical (unpaired) electrons. The Morgan fingerprint density at radius 2 is 1.75 bits per heavy atom. The minimum Gasteiger partial charge on any atom is -0.383 e. The Kier molecular flexibility index (Phi) is 4.65. The molecule has 24 heavy (non-hydrogen) atoms. The Morgan fingerprint density at radius 3 is 2.42 bits per heavy atom. The number of hydrogen-bond acceptors (Lipinski definition) is 3. The number of benzene rings is 2. The number of pyridine rings is 1. The average Bonchev–Trinajstić information content (AvgIpc) is 2.57. The quantitative estimate of drug-likeness (QED) is 0.562. The van der Waals surface area contributed by atoms with E-state index < -0.39 is 0 Å². The van der Waals surface area contributed by atoms with Crippen LogP contribution in [0.4, 0.5) is 10.2 Å². The van der Waals surface area contributed by atoms with E-state index in [9.17, 15) is 9.65 Å². The van der Waals surface area contributed by atoms with Crippen LogP contribution < -0.4 is 5.73 Å². The number of aromatic nitrogens is 1. The normalized spacial score (nSPS) is 10.4. The van der Waals surface area contributed by atoms with Gasteiger partial charge in [0, 0.05) is 15.6 Å². The summed E-state index contributed by atoms with van der Waals surface area (Å²) >= 11 is 6.66. The molecular weight excluding hydrogens is 437 g/mol. The SMILES string of the molecule is N#Cc1c(-c2ccc(F)c(Br)c2)cc(-c2ccccc2Br)nc1N. The van der Waals surface area contributed by atoms with Crippen LogP contribution in [0, 0.1) is 17.1 Å². The van der Waals surface area contributed by atoms with Gasteiger partial charge >= 0.3 is 0 Å². The molecule has 1 aromatic heterocycles. The maximum Gasteiger partial charge on any atom is 0.142 e. The minimum atomic E-state index is -0.370. The summed E-state index contributed by atoms with van der Waals surface area (Å²) < 4.78 is 14.7. The average molecular weight is 447 g/mol. The first-order valence-electron chi connectivity index (χ1n) is 6.92. The van der Waals surface area contributed by atoms with Gasteiger partial charge in [0.1, 0.15) is 23.3 Å². The zero-order valence-corrected chi connectivity index (χ0v) is 15.4. The minimum absolute atomic E-state index is 0.140. The van der Waals surface area contributed by atoms with Gasteiger partial charge in [-0.25, -0.2) is 9.37 Å². The number of halogens is 3. The summed E-state index contributed by atoms with van der Waals surface area (Å²) in [5, 5.41) is 9.44. The van der Waals surface area contributed by atoms with Crippen molar-refractivity contribution in [2.75, 3.05) is 5.73 Å². The van der Waals surface area contributed by atoms with Crippen molar-refractivity contribution in [3.8, 4) is 28.5 Å². The van der Waals surface area contributed by atoms with Crippen LogP contribution >= 0.6 is 31.9 Å². The molecule has 0 saturated heterocycles. The van der Waals surface area contributed by atoms with Crippen molar-refractivity contribution in [2.45, 2.75) is 0 Å². The number of nitriles is 1. The van der Waals surface area contributed by atoms with Gasteiger partial charge in [0.05, 0.1) is 10.2 Å². The topological polar surface area (TPSA) is 62.7 Å². The van der Waals surface area contributed by atoms with Gasteiger partial charge in [0.15, 0.2) is 0 Å². The molecule has 6 heteroatoms. The standard InChI is InChI=1S/C18H10Br2FN3/c19-14-4-2-1-3-11(14)17-8-12(13(9-22)18(23)24-17)10-5-6-16(21)15(20)7-10/h1-8H,(H2,23,24). The third kappa shape index (κ3) is 3.05. The molecule has 0 aliphatic rings. The monoisotopic (exact) mass is 445 g/mol. The van der Waals surface area contributed by atoms with Crippen LogP contribution in [0.1, 0.15) is 5.56 Å². The molecule has 0 saturated carbocycles. The zero-order valence-electron chi connectivity index (χ0n) is 12.2. The molecule has 0 atom stereocenters. The molecule has 0 unspecified atom stereocenters. The van der Waals surface area contributed by atoms with Crippen LogP contribution in [-0.2, 0) is 0 Å². The third-order valence-corrected chi connectivity index (χ3v) is 4.84. The summed E-state index contributed by atoms with van der Waals surface area (Å²) in [5.41, 5.74) is 9.04. The number of rotatable bonds is 2.